The molecule has 2 aromatic carbocycles. The van der Waals surface area contributed by atoms with Crippen molar-refractivity contribution >= 4 is 5.97 Å². The van der Waals surface area contributed by atoms with Crippen LogP contribution in [0, 0.1) is 6.92 Å². The molecule has 3 rings (SSSR count). The van der Waals surface area contributed by atoms with E-state index in [1.165, 1.54) is 17.1 Å². The second-order valence-electron chi connectivity index (χ2n) is 4.69. The van der Waals surface area contributed by atoms with E-state index in [1.54, 1.807) is 6.07 Å². The van der Waals surface area contributed by atoms with Crippen molar-refractivity contribution in [1.82, 2.24) is 20.2 Å². The molecule has 6 nitrogen and oxygen atoms in total. The molecule has 1 aromatic heterocycles. The Morgan fingerprint density at radius 1 is 1.04 bits per heavy atom. The number of carboxylic acids is 1. The van der Waals surface area contributed by atoms with Crippen LogP contribution in [0.3, 0.4) is 0 Å². The van der Waals surface area contributed by atoms with Crippen LogP contribution in [-0.2, 0) is 0 Å². The fraction of sp³-hybridized carbons (Fsp3) is 0.176. The molecule has 23 heavy (non-hydrogen) atoms. The number of hydrogen-bond donors (Lipinski definition) is 1. The van der Waals surface area contributed by atoms with Crippen molar-refractivity contribution in [3.05, 3.63) is 59.9 Å². The molecule has 3 aromatic rings. The first-order valence-corrected chi connectivity index (χ1v) is 7.32. The Morgan fingerprint density at radius 2 is 1.74 bits per heavy atom. The van der Waals surface area contributed by atoms with E-state index in [1.807, 2.05) is 51.1 Å². The Bertz CT molecular complexity index is 781. The summed E-state index contributed by atoms with van der Waals surface area (Å²) in [4.78, 5) is 11.3. The highest BCUT2D eigenvalue weighted by Crippen LogP contribution is 2.24. The van der Waals surface area contributed by atoms with Gasteiger partial charge < -0.3 is 5.11 Å². The minimum absolute atomic E-state index is 0.193. The van der Waals surface area contributed by atoms with Gasteiger partial charge in [0.1, 0.15) is 6.33 Å². The largest absolute Gasteiger partial charge is 0.478 e. The molecule has 0 aliphatic heterocycles. The average Bonchev–Trinajstić information content (AvgIpc) is 3.11. The summed E-state index contributed by atoms with van der Waals surface area (Å²) < 4.78 is 1.43. The van der Waals surface area contributed by atoms with Crippen LogP contribution in [0.4, 0.5) is 0 Å². The highest BCUT2D eigenvalue weighted by atomic mass is 16.4. The van der Waals surface area contributed by atoms with Gasteiger partial charge in [-0.1, -0.05) is 43.7 Å². The first-order chi connectivity index (χ1) is 11.1. The average molecular weight is 310 g/mol. The normalized spacial score (nSPS) is 9.87. The summed E-state index contributed by atoms with van der Waals surface area (Å²) in [5, 5.41) is 20.2. The lowest BCUT2D eigenvalue weighted by atomic mass is 10.0. The van der Waals surface area contributed by atoms with Crippen LogP contribution in [0.2, 0.25) is 0 Å². The van der Waals surface area contributed by atoms with Crippen LogP contribution in [0.25, 0.3) is 16.8 Å². The molecular formula is C17H18N4O2. The maximum atomic E-state index is 11.3. The van der Waals surface area contributed by atoms with Crippen molar-refractivity contribution < 1.29 is 9.90 Å². The van der Waals surface area contributed by atoms with Gasteiger partial charge in [0, 0.05) is 0 Å². The van der Waals surface area contributed by atoms with Crippen LogP contribution >= 0.6 is 0 Å². The van der Waals surface area contributed by atoms with E-state index in [9.17, 15) is 9.90 Å². The molecule has 0 amide bonds. The van der Waals surface area contributed by atoms with Crippen LogP contribution in [-0.4, -0.2) is 31.3 Å². The van der Waals surface area contributed by atoms with Gasteiger partial charge in [0.2, 0.25) is 0 Å². The number of aromatic nitrogens is 4. The number of carbonyl (C=O) groups is 1. The summed E-state index contributed by atoms with van der Waals surface area (Å²) in [5.41, 5.74) is 3.70. The summed E-state index contributed by atoms with van der Waals surface area (Å²) in [5.74, 6) is -0.988. The van der Waals surface area contributed by atoms with Crippen molar-refractivity contribution in [3.8, 4) is 16.8 Å². The maximum Gasteiger partial charge on any atom is 0.335 e. The van der Waals surface area contributed by atoms with Gasteiger partial charge in [-0.25, -0.2) is 9.48 Å². The predicted octanol–water partition coefficient (Wildman–Crippen LogP) is 3.36. The van der Waals surface area contributed by atoms with Gasteiger partial charge in [-0.05, 0) is 46.7 Å². The van der Waals surface area contributed by atoms with Crippen LogP contribution in [0.5, 0.6) is 0 Å². The topological polar surface area (TPSA) is 80.9 Å². The Kier molecular flexibility index (Phi) is 5.19. The molecule has 0 spiro atoms. The number of carboxylic acid groups (broad SMARTS) is 1. The van der Waals surface area contributed by atoms with Crippen LogP contribution in [0.15, 0.2) is 48.8 Å². The molecule has 0 radical (unpaired) electrons. The van der Waals surface area contributed by atoms with E-state index in [-0.39, 0.29) is 5.56 Å². The molecule has 6 heteroatoms. The van der Waals surface area contributed by atoms with Gasteiger partial charge in [-0.2, -0.15) is 0 Å². The molecule has 0 bridgehead atoms. The van der Waals surface area contributed by atoms with Gasteiger partial charge >= 0.3 is 5.97 Å². The minimum Gasteiger partial charge on any atom is -0.478 e. The summed E-state index contributed by atoms with van der Waals surface area (Å²) in [6.45, 7) is 6.00. The smallest absolute Gasteiger partial charge is 0.335 e. The zero-order valence-electron chi connectivity index (χ0n) is 13.3. The fourth-order valence-electron chi connectivity index (χ4n) is 2.06. The number of benzene rings is 2. The van der Waals surface area contributed by atoms with E-state index >= 15 is 0 Å². The molecule has 0 aliphatic rings. The van der Waals surface area contributed by atoms with Gasteiger partial charge in [-0.3, -0.25) is 0 Å². The zero-order chi connectivity index (χ0) is 16.8. The summed E-state index contributed by atoms with van der Waals surface area (Å²) in [6.07, 6.45) is 1.43. The molecule has 0 aliphatic carbocycles. The standard InChI is InChI=1S/C15H12N4O2.C2H6/c1-10-2-4-11(5-3-10)12-6-13(15(20)21)8-14(7-12)19-9-16-17-18-19;1-2/h2-9H,1H3,(H,20,21);1-2H3. The number of nitrogens with zero attached hydrogens (tertiary/aromatic N) is 4. The predicted molar refractivity (Wildman–Crippen MR) is 87.6 cm³/mol. The Balaban J connectivity index is 0.000000924. The molecule has 0 saturated heterocycles. The Hall–Kier alpha value is -3.02. The van der Waals surface area contributed by atoms with E-state index < -0.39 is 5.97 Å². The number of aryl methyl sites for hydroxylation is 1. The maximum absolute atomic E-state index is 11.3. The highest BCUT2D eigenvalue weighted by Gasteiger charge is 2.10. The van der Waals surface area contributed by atoms with Gasteiger partial charge in [0.25, 0.3) is 0 Å². The fourth-order valence-corrected chi connectivity index (χ4v) is 2.06. The number of aromatic carboxylic acids is 1. The van der Waals surface area contributed by atoms with Gasteiger partial charge in [0.15, 0.2) is 0 Å². The number of hydrogen-bond acceptors (Lipinski definition) is 4. The van der Waals surface area contributed by atoms with Crippen molar-refractivity contribution in [1.29, 1.82) is 0 Å². The lowest BCUT2D eigenvalue weighted by molar-refractivity contribution is 0.0697. The van der Waals surface area contributed by atoms with Crippen LogP contribution < -0.4 is 0 Å². The monoisotopic (exact) mass is 310 g/mol. The first-order valence-electron chi connectivity index (χ1n) is 7.32. The quantitative estimate of drug-likeness (QED) is 0.802. The van der Waals surface area contributed by atoms with E-state index in [0.29, 0.717) is 5.69 Å². The number of rotatable bonds is 3. The summed E-state index contributed by atoms with van der Waals surface area (Å²) in [7, 11) is 0. The molecule has 1 heterocycles. The van der Waals surface area contributed by atoms with Gasteiger partial charge in [-0.15, -0.1) is 5.10 Å². The SMILES string of the molecule is CC.Cc1ccc(-c2cc(C(=O)O)cc(-n3cnnn3)c2)cc1. The second kappa shape index (κ2) is 7.31. The molecule has 1 N–H and O–H groups in total. The summed E-state index contributed by atoms with van der Waals surface area (Å²) >= 11 is 0. The third kappa shape index (κ3) is 3.79. The molecule has 0 unspecified atom stereocenters. The third-order valence-corrected chi connectivity index (χ3v) is 3.16. The minimum atomic E-state index is -0.988. The second-order valence-corrected chi connectivity index (χ2v) is 4.69. The molecule has 0 saturated carbocycles. The first kappa shape index (κ1) is 16.4. The van der Waals surface area contributed by atoms with Crippen molar-refractivity contribution in [2.75, 3.05) is 0 Å². The molecule has 0 fully saturated rings. The lowest BCUT2D eigenvalue weighted by Gasteiger charge is -2.08. The molecule has 0 atom stereocenters. The van der Waals surface area contributed by atoms with E-state index in [0.717, 1.165) is 16.7 Å². The van der Waals surface area contributed by atoms with Crippen molar-refractivity contribution in [3.63, 3.8) is 0 Å². The Morgan fingerprint density at radius 3 is 2.30 bits per heavy atom. The van der Waals surface area contributed by atoms with Crippen molar-refractivity contribution in [2.24, 2.45) is 0 Å². The third-order valence-electron chi connectivity index (χ3n) is 3.16. The Labute approximate surface area is 134 Å². The van der Waals surface area contributed by atoms with E-state index in [2.05, 4.69) is 15.5 Å². The zero-order valence-corrected chi connectivity index (χ0v) is 13.3. The lowest BCUT2D eigenvalue weighted by Crippen LogP contribution is -2.02. The van der Waals surface area contributed by atoms with Crippen LogP contribution in [0.1, 0.15) is 29.8 Å². The van der Waals surface area contributed by atoms with Gasteiger partial charge in [0.05, 0.1) is 11.3 Å². The highest BCUT2D eigenvalue weighted by molar-refractivity contribution is 5.90. The number of tetrazole rings is 1. The van der Waals surface area contributed by atoms with Crippen molar-refractivity contribution in [2.45, 2.75) is 20.8 Å². The van der Waals surface area contributed by atoms with E-state index in [4.69, 9.17) is 0 Å². The molecular weight excluding hydrogens is 292 g/mol. The molecule has 118 valence electrons. The summed E-state index contributed by atoms with van der Waals surface area (Å²) in [6, 6.07) is 12.9.